The summed E-state index contributed by atoms with van der Waals surface area (Å²) < 4.78 is 16.7. The fourth-order valence-electron chi connectivity index (χ4n) is 2.49. The van der Waals surface area contributed by atoms with E-state index < -0.39 is 5.97 Å². The smallest absolute Gasteiger partial charge is 0.339 e. The molecule has 0 unspecified atom stereocenters. The second-order valence-corrected chi connectivity index (χ2v) is 5.89. The Morgan fingerprint density at radius 3 is 2.39 bits per heavy atom. The number of rotatable bonds is 7. The zero-order valence-electron chi connectivity index (χ0n) is 15.5. The Morgan fingerprint density at radius 1 is 0.964 bits per heavy atom. The number of pyridine rings is 1. The minimum absolute atomic E-state index is 0.0324. The highest BCUT2D eigenvalue weighted by molar-refractivity contribution is 6.15. The summed E-state index contributed by atoms with van der Waals surface area (Å²) in [5.41, 5.74) is 1.45. The predicted molar refractivity (Wildman–Crippen MR) is 105 cm³/mol. The van der Waals surface area contributed by atoms with E-state index in [0.29, 0.717) is 22.8 Å². The second kappa shape index (κ2) is 8.73. The molecule has 0 atom stereocenters. The van der Waals surface area contributed by atoms with Crippen molar-refractivity contribution in [3.63, 3.8) is 0 Å². The number of para-hydroxylation sites is 1. The molecule has 3 rings (SSSR count). The van der Waals surface area contributed by atoms with E-state index in [2.05, 4.69) is 4.98 Å². The van der Waals surface area contributed by atoms with Crippen LogP contribution in [0, 0.1) is 6.92 Å². The number of carboxylic acids is 1. The van der Waals surface area contributed by atoms with Gasteiger partial charge in [0.15, 0.2) is 5.75 Å². The van der Waals surface area contributed by atoms with Crippen molar-refractivity contribution >= 4 is 11.5 Å². The molecule has 0 radical (unpaired) electrons. The molecule has 0 saturated heterocycles. The number of aryl methyl sites for hydroxylation is 1. The van der Waals surface area contributed by atoms with Crippen LogP contribution in [0.2, 0.25) is 0 Å². The zero-order chi connectivity index (χ0) is 19.9. The Labute approximate surface area is 162 Å². The van der Waals surface area contributed by atoms with Crippen molar-refractivity contribution in [1.29, 1.82) is 0 Å². The number of carboxylic acid groups (broad SMARTS) is 1. The van der Waals surface area contributed by atoms with Crippen LogP contribution in [0.1, 0.15) is 11.1 Å². The molecule has 28 heavy (non-hydrogen) atoms. The van der Waals surface area contributed by atoms with E-state index in [0.717, 1.165) is 11.8 Å². The molecule has 1 aromatic heterocycles. The Balaban J connectivity index is 1.94. The van der Waals surface area contributed by atoms with Gasteiger partial charge in [0.25, 0.3) is 5.88 Å². The second-order valence-electron chi connectivity index (χ2n) is 5.89. The molecule has 0 aliphatic heterocycles. The van der Waals surface area contributed by atoms with Gasteiger partial charge in [-0.1, -0.05) is 35.9 Å². The number of hydrogen-bond donors (Lipinski definition) is 1. The maximum absolute atomic E-state index is 11.6. The molecule has 6 nitrogen and oxygen atoms in total. The van der Waals surface area contributed by atoms with Gasteiger partial charge in [-0.2, -0.15) is 0 Å². The molecule has 0 aliphatic carbocycles. The van der Waals surface area contributed by atoms with Crippen molar-refractivity contribution < 1.29 is 24.1 Å². The first kappa shape index (κ1) is 19.0. The third-order valence-corrected chi connectivity index (χ3v) is 3.84. The van der Waals surface area contributed by atoms with Gasteiger partial charge in [0.2, 0.25) is 0 Å². The largest absolute Gasteiger partial charge is 0.503 e. The highest BCUT2D eigenvalue weighted by Gasteiger charge is 2.18. The fraction of sp³-hybridized carbons (Fsp3) is 0.0909. The van der Waals surface area contributed by atoms with Gasteiger partial charge in [-0.05, 0) is 37.3 Å². The van der Waals surface area contributed by atoms with E-state index in [1.807, 2.05) is 31.2 Å². The van der Waals surface area contributed by atoms with Crippen LogP contribution in [0.15, 0.2) is 73.1 Å². The number of ether oxygens (including phenoxy) is 3. The molecule has 6 heteroatoms. The average Bonchev–Trinajstić information content (AvgIpc) is 2.70. The van der Waals surface area contributed by atoms with Crippen molar-refractivity contribution in [1.82, 2.24) is 4.98 Å². The molecule has 1 heterocycles. The molecule has 142 valence electrons. The summed E-state index contributed by atoms with van der Waals surface area (Å²) in [7, 11) is 1.39. The first-order chi connectivity index (χ1) is 13.6. The number of aliphatic carboxylic acids is 1. The normalized spacial score (nSPS) is 11.0. The number of benzene rings is 2. The molecule has 3 aromatic rings. The molecule has 1 N–H and O–H groups in total. The maximum atomic E-state index is 11.6. The highest BCUT2D eigenvalue weighted by Crippen LogP contribution is 2.35. The SMILES string of the molecule is CO/C=C(/C(=O)O)c1ccccc1Oc1ncccc1Oc1ccc(C)cc1. The van der Waals surface area contributed by atoms with E-state index >= 15 is 0 Å². The molecule has 0 bridgehead atoms. The van der Waals surface area contributed by atoms with Gasteiger partial charge in [-0.3, -0.25) is 0 Å². The number of methoxy groups -OCH3 is 1. The summed E-state index contributed by atoms with van der Waals surface area (Å²) in [5, 5.41) is 9.48. The molecular formula is C22H19NO5. The summed E-state index contributed by atoms with van der Waals surface area (Å²) in [6.45, 7) is 1.99. The van der Waals surface area contributed by atoms with Gasteiger partial charge in [-0.25, -0.2) is 9.78 Å². The van der Waals surface area contributed by atoms with Crippen molar-refractivity contribution in [3.05, 3.63) is 84.2 Å². The van der Waals surface area contributed by atoms with Gasteiger partial charge in [0.05, 0.1) is 13.4 Å². The number of aromatic nitrogens is 1. The molecule has 0 fully saturated rings. The van der Waals surface area contributed by atoms with Crippen LogP contribution in [-0.4, -0.2) is 23.2 Å². The lowest BCUT2D eigenvalue weighted by atomic mass is 10.1. The minimum atomic E-state index is -1.13. The van der Waals surface area contributed by atoms with Gasteiger partial charge in [0.1, 0.15) is 17.1 Å². The predicted octanol–water partition coefficient (Wildman–Crippen LogP) is 5.05. The lowest BCUT2D eigenvalue weighted by molar-refractivity contribution is -0.130. The average molecular weight is 377 g/mol. The van der Waals surface area contributed by atoms with Crippen LogP contribution >= 0.6 is 0 Å². The van der Waals surface area contributed by atoms with E-state index in [1.54, 1.807) is 42.6 Å². The Kier molecular flexibility index (Phi) is 5.91. The van der Waals surface area contributed by atoms with Gasteiger partial charge < -0.3 is 19.3 Å². The van der Waals surface area contributed by atoms with Crippen LogP contribution in [0.3, 0.4) is 0 Å². The van der Waals surface area contributed by atoms with E-state index in [9.17, 15) is 9.90 Å². The summed E-state index contributed by atoms with van der Waals surface area (Å²) in [5.74, 6) is 0.462. The Hall–Kier alpha value is -3.80. The molecule has 2 aromatic carbocycles. The Morgan fingerprint density at radius 2 is 1.68 bits per heavy atom. The standard InChI is InChI=1S/C22H19NO5/c1-15-9-11-16(12-10-15)27-20-8-5-13-23-21(20)28-19-7-4-3-6-17(19)18(14-26-2)22(24)25/h3-14H,1-2H3,(H,24,25)/b18-14+. The van der Waals surface area contributed by atoms with Gasteiger partial charge >= 0.3 is 5.97 Å². The number of nitrogens with zero attached hydrogens (tertiary/aromatic N) is 1. The van der Waals surface area contributed by atoms with E-state index in [1.165, 1.54) is 7.11 Å². The van der Waals surface area contributed by atoms with Gasteiger partial charge in [0, 0.05) is 11.8 Å². The Bertz CT molecular complexity index is 996. The lowest BCUT2D eigenvalue weighted by Crippen LogP contribution is -2.03. The number of carbonyl (C=O) groups is 1. The summed E-state index contributed by atoms with van der Waals surface area (Å²) in [6.07, 6.45) is 2.73. The van der Waals surface area contributed by atoms with Gasteiger partial charge in [-0.15, -0.1) is 0 Å². The molecule has 0 spiro atoms. The maximum Gasteiger partial charge on any atom is 0.339 e. The van der Waals surface area contributed by atoms with Crippen molar-refractivity contribution in [2.24, 2.45) is 0 Å². The minimum Gasteiger partial charge on any atom is -0.503 e. The summed E-state index contributed by atoms with van der Waals surface area (Å²) in [6, 6.07) is 17.8. The fourth-order valence-corrected chi connectivity index (χ4v) is 2.49. The van der Waals surface area contributed by atoms with Crippen LogP contribution in [-0.2, 0) is 9.53 Å². The lowest BCUT2D eigenvalue weighted by Gasteiger charge is -2.14. The van der Waals surface area contributed by atoms with Crippen LogP contribution in [0.25, 0.3) is 5.57 Å². The van der Waals surface area contributed by atoms with Crippen LogP contribution in [0.5, 0.6) is 23.1 Å². The van der Waals surface area contributed by atoms with Crippen molar-refractivity contribution in [2.45, 2.75) is 6.92 Å². The molecule has 0 aliphatic rings. The third-order valence-electron chi connectivity index (χ3n) is 3.84. The highest BCUT2D eigenvalue weighted by atomic mass is 16.5. The molecule has 0 saturated carbocycles. The third kappa shape index (κ3) is 4.48. The monoisotopic (exact) mass is 377 g/mol. The summed E-state index contributed by atoms with van der Waals surface area (Å²) >= 11 is 0. The first-order valence-electron chi connectivity index (χ1n) is 8.51. The quantitative estimate of drug-likeness (QED) is 0.459. The van der Waals surface area contributed by atoms with Crippen molar-refractivity contribution in [2.75, 3.05) is 7.11 Å². The van der Waals surface area contributed by atoms with Crippen LogP contribution < -0.4 is 9.47 Å². The molecule has 0 amide bonds. The number of hydrogen-bond acceptors (Lipinski definition) is 5. The van der Waals surface area contributed by atoms with Crippen LogP contribution in [0.4, 0.5) is 0 Å². The van der Waals surface area contributed by atoms with E-state index in [4.69, 9.17) is 14.2 Å². The first-order valence-corrected chi connectivity index (χ1v) is 8.51. The zero-order valence-corrected chi connectivity index (χ0v) is 15.5. The van der Waals surface area contributed by atoms with E-state index in [-0.39, 0.29) is 11.5 Å². The molecular weight excluding hydrogens is 358 g/mol. The topological polar surface area (TPSA) is 77.9 Å². The van der Waals surface area contributed by atoms with Crippen molar-refractivity contribution in [3.8, 4) is 23.1 Å². The summed E-state index contributed by atoms with van der Waals surface area (Å²) in [4.78, 5) is 15.8.